The summed E-state index contributed by atoms with van der Waals surface area (Å²) in [5.74, 6) is -0.156. The summed E-state index contributed by atoms with van der Waals surface area (Å²) in [5, 5.41) is 3.06. The number of methoxy groups -OCH3 is 1. The number of nitrogens with one attached hydrogen (secondary N) is 1. The first-order chi connectivity index (χ1) is 13.1. The van der Waals surface area contributed by atoms with E-state index in [9.17, 15) is 9.59 Å². The van der Waals surface area contributed by atoms with Crippen molar-refractivity contribution in [3.63, 3.8) is 0 Å². The fourth-order valence-corrected chi connectivity index (χ4v) is 3.09. The minimum Gasteiger partial charge on any atom is -0.465 e. The number of esters is 1. The Morgan fingerprint density at radius 1 is 1.22 bits per heavy atom. The van der Waals surface area contributed by atoms with Gasteiger partial charge >= 0.3 is 5.97 Å². The highest BCUT2D eigenvalue weighted by Gasteiger charge is 2.19. The van der Waals surface area contributed by atoms with Gasteiger partial charge in [0.15, 0.2) is 5.69 Å². The third-order valence-corrected chi connectivity index (χ3v) is 4.69. The number of anilines is 1. The monoisotopic (exact) mass is 388 g/mol. The molecule has 1 N–H and O–H groups in total. The van der Waals surface area contributed by atoms with Gasteiger partial charge in [-0.25, -0.2) is 14.8 Å². The van der Waals surface area contributed by atoms with Gasteiger partial charge in [0.1, 0.15) is 0 Å². The topological polar surface area (TPSA) is 84.4 Å². The lowest BCUT2D eigenvalue weighted by Crippen LogP contribution is -2.28. The number of hydrogen-bond acceptors (Lipinski definition) is 6. The van der Waals surface area contributed by atoms with E-state index >= 15 is 0 Å². The highest BCUT2D eigenvalue weighted by Crippen LogP contribution is 2.19. The van der Waals surface area contributed by atoms with E-state index in [1.165, 1.54) is 13.3 Å². The van der Waals surface area contributed by atoms with E-state index in [0.717, 1.165) is 31.5 Å². The van der Waals surface area contributed by atoms with Gasteiger partial charge in [-0.3, -0.25) is 4.79 Å². The van der Waals surface area contributed by atoms with E-state index in [-0.39, 0.29) is 22.6 Å². The maximum absolute atomic E-state index is 12.4. The summed E-state index contributed by atoms with van der Waals surface area (Å²) in [5.41, 5.74) is 1.68. The number of hydrogen-bond donors (Lipinski definition) is 1. The predicted octanol–water partition coefficient (Wildman–Crippen LogP) is 2.49. The Labute approximate surface area is 162 Å². The molecule has 0 saturated carbocycles. The van der Waals surface area contributed by atoms with Crippen LogP contribution in [0.25, 0.3) is 0 Å². The largest absolute Gasteiger partial charge is 0.465 e. The van der Waals surface area contributed by atoms with Gasteiger partial charge in [0.25, 0.3) is 5.91 Å². The first kappa shape index (κ1) is 19.1. The van der Waals surface area contributed by atoms with E-state index < -0.39 is 0 Å². The van der Waals surface area contributed by atoms with Gasteiger partial charge in [-0.2, -0.15) is 0 Å². The van der Waals surface area contributed by atoms with Crippen LogP contribution in [0.3, 0.4) is 0 Å². The van der Waals surface area contributed by atoms with Crippen molar-refractivity contribution in [2.24, 2.45) is 0 Å². The predicted molar refractivity (Wildman–Crippen MR) is 102 cm³/mol. The first-order valence-electron chi connectivity index (χ1n) is 8.81. The zero-order chi connectivity index (χ0) is 19.2. The lowest BCUT2D eigenvalue weighted by Gasteiger charge is -2.16. The lowest BCUT2D eigenvalue weighted by molar-refractivity contribution is 0.0600. The summed E-state index contributed by atoms with van der Waals surface area (Å²) in [7, 11) is 1.35. The molecule has 0 aliphatic carbocycles. The molecule has 2 aromatic rings. The molecular weight excluding hydrogens is 368 g/mol. The Balaban J connectivity index is 1.57. The standard InChI is InChI=1S/C19H21ClN4O3/c1-27-18(26)14-6-4-13(5-7-14)8-9-21-17(25)16-15(20)12-22-19(23-16)24-10-2-3-11-24/h4-7,12H,2-3,8-11H2,1H3,(H,21,25). The molecule has 1 amide bonds. The molecule has 142 valence electrons. The number of ether oxygens (including phenoxy) is 1. The molecule has 0 atom stereocenters. The van der Waals surface area contributed by atoms with E-state index in [1.54, 1.807) is 12.1 Å². The fourth-order valence-electron chi connectivity index (χ4n) is 2.92. The van der Waals surface area contributed by atoms with Crippen LogP contribution in [0.4, 0.5) is 5.95 Å². The zero-order valence-corrected chi connectivity index (χ0v) is 15.8. The van der Waals surface area contributed by atoms with Crippen LogP contribution >= 0.6 is 11.6 Å². The second-order valence-electron chi connectivity index (χ2n) is 6.26. The van der Waals surface area contributed by atoms with Crippen LogP contribution in [0.2, 0.25) is 5.02 Å². The Morgan fingerprint density at radius 2 is 1.93 bits per heavy atom. The number of halogens is 1. The van der Waals surface area contributed by atoms with Gasteiger partial charge in [0, 0.05) is 19.6 Å². The molecule has 8 heteroatoms. The molecule has 1 saturated heterocycles. The van der Waals surface area contributed by atoms with Crippen molar-refractivity contribution < 1.29 is 14.3 Å². The van der Waals surface area contributed by atoms with Gasteiger partial charge in [0.05, 0.1) is 23.9 Å². The SMILES string of the molecule is COC(=O)c1ccc(CCNC(=O)c2nc(N3CCCC3)ncc2Cl)cc1. The maximum atomic E-state index is 12.4. The number of aromatic nitrogens is 2. The lowest BCUT2D eigenvalue weighted by atomic mass is 10.1. The van der Waals surface area contributed by atoms with Crippen molar-refractivity contribution in [2.75, 3.05) is 31.6 Å². The van der Waals surface area contributed by atoms with Crippen LogP contribution < -0.4 is 10.2 Å². The summed E-state index contributed by atoms with van der Waals surface area (Å²) in [6.07, 6.45) is 4.29. The Bertz CT molecular complexity index is 820. The van der Waals surface area contributed by atoms with Gasteiger partial charge in [-0.05, 0) is 37.0 Å². The van der Waals surface area contributed by atoms with Crippen molar-refractivity contribution in [1.29, 1.82) is 0 Å². The molecule has 3 rings (SSSR count). The highest BCUT2D eigenvalue weighted by atomic mass is 35.5. The first-order valence-corrected chi connectivity index (χ1v) is 9.19. The van der Waals surface area contributed by atoms with Crippen molar-refractivity contribution in [2.45, 2.75) is 19.3 Å². The van der Waals surface area contributed by atoms with Crippen LogP contribution in [0.1, 0.15) is 39.3 Å². The minimum absolute atomic E-state index is 0.189. The van der Waals surface area contributed by atoms with Crippen LogP contribution in [-0.4, -0.2) is 48.6 Å². The van der Waals surface area contributed by atoms with Gasteiger partial charge in [-0.15, -0.1) is 0 Å². The van der Waals surface area contributed by atoms with Crippen molar-refractivity contribution in [3.8, 4) is 0 Å². The molecule has 7 nitrogen and oxygen atoms in total. The van der Waals surface area contributed by atoms with Gasteiger partial charge < -0.3 is 15.0 Å². The molecular formula is C19H21ClN4O3. The summed E-state index contributed by atoms with van der Waals surface area (Å²) in [6, 6.07) is 7.07. The van der Waals surface area contributed by atoms with E-state index in [0.29, 0.717) is 24.5 Å². The molecule has 1 aliphatic rings. The average molecular weight is 389 g/mol. The number of carbonyl (C=O) groups excluding carboxylic acids is 2. The number of benzene rings is 1. The molecule has 0 unspecified atom stereocenters. The molecule has 0 radical (unpaired) electrons. The van der Waals surface area contributed by atoms with Crippen LogP contribution in [-0.2, 0) is 11.2 Å². The molecule has 1 fully saturated rings. The van der Waals surface area contributed by atoms with Gasteiger partial charge in [-0.1, -0.05) is 23.7 Å². The normalized spacial score (nSPS) is 13.5. The second-order valence-corrected chi connectivity index (χ2v) is 6.66. The quantitative estimate of drug-likeness (QED) is 0.765. The molecule has 1 aromatic carbocycles. The summed E-state index contributed by atoms with van der Waals surface area (Å²) < 4.78 is 4.67. The Morgan fingerprint density at radius 3 is 2.59 bits per heavy atom. The zero-order valence-electron chi connectivity index (χ0n) is 15.1. The molecule has 1 aromatic heterocycles. The maximum Gasteiger partial charge on any atom is 0.337 e. The number of nitrogens with zero attached hydrogens (tertiary/aromatic N) is 3. The van der Waals surface area contributed by atoms with Crippen molar-refractivity contribution in [3.05, 3.63) is 52.3 Å². The third-order valence-electron chi connectivity index (χ3n) is 4.41. The molecule has 2 heterocycles. The minimum atomic E-state index is -0.373. The molecule has 1 aliphatic heterocycles. The number of amides is 1. The van der Waals surface area contributed by atoms with Crippen LogP contribution in [0.5, 0.6) is 0 Å². The van der Waals surface area contributed by atoms with Gasteiger partial charge in [0.2, 0.25) is 5.95 Å². The Hall–Kier alpha value is -2.67. The van der Waals surface area contributed by atoms with E-state index in [2.05, 4.69) is 24.9 Å². The van der Waals surface area contributed by atoms with Crippen molar-refractivity contribution >= 4 is 29.4 Å². The van der Waals surface area contributed by atoms with E-state index in [1.807, 2.05) is 12.1 Å². The summed E-state index contributed by atoms with van der Waals surface area (Å²) >= 11 is 6.11. The summed E-state index contributed by atoms with van der Waals surface area (Å²) in [4.78, 5) is 34.5. The van der Waals surface area contributed by atoms with Crippen molar-refractivity contribution in [1.82, 2.24) is 15.3 Å². The smallest absolute Gasteiger partial charge is 0.337 e. The number of carbonyl (C=O) groups is 2. The Kier molecular flexibility index (Phi) is 6.24. The van der Waals surface area contributed by atoms with E-state index in [4.69, 9.17) is 11.6 Å². The average Bonchev–Trinajstić information content (AvgIpc) is 3.23. The number of rotatable bonds is 6. The second kappa shape index (κ2) is 8.81. The van der Waals surface area contributed by atoms with Crippen LogP contribution in [0.15, 0.2) is 30.5 Å². The molecule has 0 bridgehead atoms. The molecule has 0 spiro atoms. The fraction of sp³-hybridized carbons (Fsp3) is 0.368. The molecule has 27 heavy (non-hydrogen) atoms. The van der Waals surface area contributed by atoms with Crippen LogP contribution in [0, 0.1) is 0 Å². The third kappa shape index (κ3) is 4.74. The highest BCUT2D eigenvalue weighted by molar-refractivity contribution is 6.33. The summed E-state index contributed by atoms with van der Waals surface area (Å²) in [6.45, 7) is 2.21.